The van der Waals surface area contributed by atoms with Gasteiger partial charge in [0.05, 0.1) is 23.9 Å². The summed E-state index contributed by atoms with van der Waals surface area (Å²) in [7, 11) is 1.61. The molecule has 4 aromatic rings. The normalized spacial score (nSPS) is 16.8. The average Bonchev–Trinajstić information content (AvgIpc) is 3.52. The minimum Gasteiger partial charge on any atom is -0.494 e. The molecule has 6 rings (SSSR count). The molecule has 1 saturated heterocycles. The van der Waals surface area contributed by atoms with Crippen LogP contribution in [0.5, 0.6) is 5.75 Å². The highest BCUT2D eigenvalue weighted by Gasteiger charge is 2.27. The summed E-state index contributed by atoms with van der Waals surface area (Å²) in [6.07, 6.45) is 6.16. The molecule has 35 heavy (non-hydrogen) atoms. The van der Waals surface area contributed by atoms with Crippen molar-refractivity contribution in [2.75, 3.05) is 18.6 Å². The fourth-order valence-electron chi connectivity index (χ4n) is 5.42. The van der Waals surface area contributed by atoms with Crippen LogP contribution in [0.25, 0.3) is 33.5 Å². The SMILES string of the molecule is COc1cc(C(=O)O)cc2nc(-c3cc4ccccc4n3CC3CC3)n(CCC3CCSCC3)c12. The van der Waals surface area contributed by atoms with E-state index in [1.807, 2.05) is 0 Å². The number of imidazole rings is 1. The number of ether oxygens (including phenoxy) is 1. The second-order valence-electron chi connectivity index (χ2n) is 9.93. The molecule has 0 spiro atoms. The summed E-state index contributed by atoms with van der Waals surface area (Å²) in [5, 5.41) is 10.9. The zero-order chi connectivity index (χ0) is 23.9. The summed E-state index contributed by atoms with van der Waals surface area (Å²) in [6, 6.07) is 14.1. The summed E-state index contributed by atoms with van der Waals surface area (Å²) in [4.78, 5) is 16.9. The van der Waals surface area contributed by atoms with Gasteiger partial charge in [0.15, 0.2) is 5.82 Å². The van der Waals surface area contributed by atoms with Gasteiger partial charge in [-0.1, -0.05) is 18.2 Å². The first-order valence-corrected chi connectivity index (χ1v) is 13.8. The van der Waals surface area contributed by atoms with Crippen LogP contribution < -0.4 is 4.74 Å². The van der Waals surface area contributed by atoms with Gasteiger partial charge in [-0.3, -0.25) is 0 Å². The Morgan fingerprint density at radius 1 is 1.09 bits per heavy atom. The highest BCUT2D eigenvalue weighted by molar-refractivity contribution is 7.99. The predicted molar refractivity (Wildman–Crippen MR) is 142 cm³/mol. The summed E-state index contributed by atoms with van der Waals surface area (Å²) >= 11 is 2.05. The lowest BCUT2D eigenvalue weighted by Gasteiger charge is -2.22. The number of methoxy groups -OCH3 is 1. The number of para-hydroxylation sites is 1. The van der Waals surface area contributed by atoms with Crippen molar-refractivity contribution < 1.29 is 14.6 Å². The van der Waals surface area contributed by atoms with E-state index in [1.165, 1.54) is 48.1 Å². The van der Waals surface area contributed by atoms with E-state index < -0.39 is 5.97 Å². The maximum atomic E-state index is 11.8. The maximum Gasteiger partial charge on any atom is 0.335 e. The van der Waals surface area contributed by atoms with Crippen molar-refractivity contribution in [1.29, 1.82) is 0 Å². The van der Waals surface area contributed by atoms with Gasteiger partial charge in [0.1, 0.15) is 11.3 Å². The van der Waals surface area contributed by atoms with E-state index in [1.54, 1.807) is 19.2 Å². The summed E-state index contributed by atoms with van der Waals surface area (Å²) in [5.74, 6) is 4.42. The Morgan fingerprint density at radius 2 is 1.89 bits per heavy atom. The number of hydrogen-bond donors (Lipinski definition) is 1. The van der Waals surface area contributed by atoms with Crippen LogP contribution in [-0.2, 0) is 13.1 Å². The number of aromatic carboxylic acids is 1. The van der Waals surface area contributed by atoms with E-state index in [9.17, 15) is 9.90 Å². The van der Waals surface area contributed by atoms with E-state index in [0.29, 0.717) is 17.2 Å². The predicted octanol–water partition coefficient (Wildman–Crippen LogP) is 6.31. The van der Waals surface area contributed by atoms with Crippen LogP contribution >= 0.6 is 11.8 Å². The zero-order valence-corrected chi connectivity index (χ0v) is 20.9. The molecule has 1 N–H and O–H groups in total. The Balaban J connectivity index is 1.53. The molecule has 1 saturated carbocycles. The third-order valence-corrected chi connectivity index (χ3v) is 8.60. The van der Waals surface area contributed by atoms with Gasteiger partial charge in [0, 0.05) is 24.0 Å². The van der Waals surface area contributed by atoms with E-state index in [0.717, 1.165) is 42.5 Å². The standard InChI is InChI=1S/C28H31N3O3S/c1-34-25-16-21(28(32)33)14-22-26(25)30(11-8-18-9-12-35-13-10-18)27(29-22)24-15-20-4-2-3-5-23(20)31(24)17-19-6-7-19/h2-5,14-16,18-19H,6-13,17H2,1H3,(H,32,33). The van der Waals surface area contributed by atoms with Gasteiger partial charge in [-0.25, -0.2) is 9.78 Å². The third kappa shape index (κ3) is 4.31. The zero-order valence-electron chi connectivity index (χ0n) is 20.1. The first-order valence-electron chi connectivity index (χ1n) is 12.6. The Kier molecular flexibility index (Phi) is 5.96. The molecule has 1 aliphatic carbocycles. The highest BCUT2D eigenvalue weighted by atomic mass is 32.2. The number of thioether (sulfide) groups is 1. The molecule has 2 fully saturated rings. The summed E-state index contributed by atoms with van der Waals surface area (Å²) in [6.45, 7) is 1.83. The van der Waals surface area contributed by atoms with E-state index in [-0.39, 0.29) is 5.56 Å². The minimum atomic E-state index is -0.969. The molecule has 2 aromatic carbocycles. The number of aryl methyl sites for hydroxylation is 1. The van der Waals surface area contributed by atoms with Crippen LogP contribution in [0.4, 0.5) is 0 Å². The summed E-state index contributed by atoms with van der Waals surface area (Å²) < 4.78 is 10.4. The fraction of sp³-hybridized carbons (Fsp3) is 0.429. The Labute approximate surface area is 209 Å². The second-order valence-corrected chi connectivity index (χ2v) is 11.1. The van der Waals surface area contributed by atoms with Crippen LogP contribution in [0.2, 0.25) is 0 Å². The van der Waals surface area contributed by atoms with Crippen LogP contribution in [-0.4, -0.2) is 43.8 Å². The molecule has 0 amide bonds. The number of fused-ring (bicyclic) bond motifs is 2. The van der Waals surface area contributed by atoms with Crippen molar-refractivity contribution in [3.63, 3.8) is 0 Å². The van der Waals surface area contributed by atoms with Gasteiger partial charge in [0.2, 0.25) is 0 Å². The first-order chi connectivity index (χ1) is 17.1. The smallest absolute Gasteiger partial charge is 0.335 e. The van der Waals surface area contributed by atoms with Crippen molar-refractivity contribution in [2.45, 2.75) is 45.2 Å². The van der Waals surface area contributed by atoms with Crippen LogP contribution in [0.1, 0.15) is 42.5 Å². The topological polar surface area (TPSA) is 69.3 Å². The molecule has 0 unspecified atom stereocenters. The number of hydrogen-bond acceptors (Lipinski definition) is 4. The van der Waals surface area contributed by atoms with Crippen molar-refractivity contribution in [3.8, 4) is 17.3 Å². The van der Waals surface area contributed by atoms with Gasteiger partial charge < -0.3 is 19.0 Å². The van der Waals surface area contributed by atoms with Crippen LogP contribution in [0.3, 0.4) is 0 Å². The number of carbonyl (C=O) groups is 1. The molecule has 0 atom stereocenters. The third-order valence-electron chi connectivity index (χ3n) is 7.55. The quantitative estimate of drug-likeness (QED) is 0.314. The minimum absolute atomic E-state index is 0.202. The summed E-state index contributed by atoms with van der Waals surface area (Å²) in [5.41, 5.74) is 4.11. The number of carboxylic acids is 1. The molecule has 2 aromatic heterocycles. The van der Waals surface area contributed by atoms with Crippen LogP contribution in [0.15, 0.2) is 42.5 Å². The molecule has 0 bridgehead atoms. The van der Waals surface area contributed by atoms with E-state index in [4.69, 9.17) is 9.72 Å². The Morgan fingerprint density at radius 3 is 2.63 bits per heavy atom. The molecule has 6 nitrogen and oxygen atoms in total. The highest BCUT2D eigenvalue weighted by Crippen LogP contribution is 2.39. The molecular formula is C28H31N3O3S. The van der Waals surface area contributed by atoms with Crippen molar-refractivity contribution >= 4 is 39.7 Å². The molecule has 0 radical (unpaired) electrons. The fourth-order valence-corrected chi connectivity index (χ4v) is 6.62. The molecule has 2 aliphatic rings. The number of rotatable bonds is 8. The van der Waals surface area contributed by atoms with E-state index in [2.05, 4.69) is 51.2 Å². The lowest BCUT2D eigenvalue weighted by Crippen LogP contribution is -2.14. The van der Waals surface area contributed by atoms with Gasteiger partial charge in [0.25, 0.3) is 0 Å². The number of benzene rings is 2. The maximum absolute atomic E-state index is 11.8. The second kappa shape index (κ2) is 9.26. The van der Waals surface area contributed by atoms with Crippen LogP contribution in [0, 0.1) is 11.8 Å². The number of nitrogens with zero attached hydrogens (tertiary/aromatic N) is 3. The average molecular weight is 490 g/mol. The van der Waals surface area contributed by atoms with Gasteiger partial charge in [-0.05, 0) is 79.7 Å². The molecule has 7 heteroatoms. The molecule has 1 aliphatic heterocycles. The van der Waals surface area contributed by atoms with Crippen molar-refractivity contribution in [1.82, 2.24) is 14.1 Å². The largest absolute Gasteiger partial charge is 0.494 e. The Hall–Kier alpha value is -2.93. The van der Waals surface area contributed by atoms with Crippen molar-refractivity contribution in [2.24, 2.45) is 11.8 Å². The van der Waals surface area contributed by atoms with Crippen molar-refractivity contribution in [3.05, 3.63) is 48.0 Å². The monoisotopic (exact) mass is 489 g/mol. The van der Waals surface area contributed by atoms with Gasteiger partial charge >= 0.3 is 5.97 Å². The number of carboxylic acid groups (broad SMARTS) is 1. The number of aromatic nitrogens is 3. The molecular weight excluding hydrogens is 458 g/mol. The van der Waals surface area contributed by atoms with Gasteiger partial charge in [-0.2, -0.15) is 11.8 Å². The van der Waals surface area contributed by atoms with Gasteiger partial charge in [-0.15, -0.1) is 0 Å². The lowest BCUT2D eigenvalue weighted by molar-refractivity contribution is 0.0696. The van der Waals surface area contributed by atoms with E-state index >= 15 is 0 Å². The Bertz CT molecular complexity index is 1400. The molecule has 3 heterocycles. The lowest BCUT2D eigenvalue weighted by atomic mass is 9.99. The molecule has 182 valence electrons. The first kappa shape index (κ1) is 22.5.